The van der Waals surface area contributed by atoms with Crippen LogP contribution in [0.3, 0.4) is 0 Å². The average Bonchev–Trinajstić information content (AvgIpc) is 2.83. The Morgan fingerprint density at radius 2 is 2.18 bits per heavy atom. The molecule has 1 unspecified atom stereocenters. The van der Waals surface area contributed by atoms with Crippen LogP contribution in [-0.4, -0.2) is 21.2 Å². The van der Waals surface area contributed by atoms with Gasteiger partial charge in [-0.05, 0) is 5.56 Å². The highest BCUT2D eigenvalue weighted by Crippen LogP contribution is 2.12. The van der Waals surface area contributed by atoms with Gasteiger partial charge >= 0.3 is 5.97 Å². The van der Waals surface area contributed by atoms with Crippen LogP contribution in [0.2, 0.25) is 0 Å². The minimum absolute atomic E-state index is 0.238. The number of aliphatic carboxylic acids is 1. The molecule has 0 aliphatic heterocycles. The van der Waals surface area contributed by atoms with E-state index in [-0.39, 0.29) is 6.54 Å². The Kier molecular flexibility index (Phi) is 3.46. The van der Waals surface area contributed by atoms with E-state index < -0.39 is 12.0 Å². The highest BCUT2D eigenvalue weighted by atomic mass is 16.5. The van der Waals surface area contributed by atoms with Crippen LogP contribution in [0.4, 0.5) is 0 Å². The third-order valence-corrected chi connectivity index (χ3v) is 2.25. The van der Waals surface area contributed by atoms with Gasteiger partial charge in [-0.3, -0.25) is 10.1 Å². The standard InChI is InChI=1S/C11H11N3O3/c15-11(16)10(8-4-2-1-3-5-8)12-6-9-13-7-17-14-9/h1-5,7,10,12H,6H2,(H,15,16). The summed E-state index contributed by atoms with van der Waals surface area (Å²) in [5, 5.41) is 15.6. The summed E-state index contributed by atoms with van der Waals surface area (Å²) >= 11 is 0. The number of benzene rings is 1. The number of carboxylic acids is 1. The van der Waals surface area contributed by atoms with E-state index in [1.165, 1.54) is 6.39 Å². The third-order valence-electron chi connectivity index (χ3n) is 2.25. The largest absolute Gasteiger partial charge is 0.480 e. The molecule has 1 aromatic carbocycles. The molecule has 0 fully saturated rings. The van der Waals surface area contributed by atoms with E-state index in [1.807, 2.05) is 6.07 Å². The highest BCUT2D eigenvalue weighted by molar-refractivity contribution is 5.75. The summed E-state index contributed by atoms with van der Waals surface area (Å²) in [6, 6.07) is 8.14. The molecule has 0 aliphatic carbocycles. The highest BCUT2D eigenvalue weighted by Gasteiger charge is 2.19. The smallest absolute Gasteiger partial charge is 0.325 e. The number of nitrogens with zero attached hydrogens (tertiary/aromatic N) is 2. The fourth-order valence-electron chi connectivity index (χ4n) is 1.46. The van der Waals surface area contributed by atoms with E-state index in [2.05, 4.69) is 20.0 Å². The van der Waals surface area contributed by atoms with Crippen LogP contribution in [0, 0.1) is 0 Å². The number of carboxylic acid groups (broad SMARTS) is 1. The maximum Gasteiger partial charge on any atom is 0.325 e. The fraction of sp³-hybridized carbons (Fsp3) is 0.182. The van der Waals surface area contributed by atoms with Crippen LogP contribution in [-0.2, 0) is 11.3 Å². The van der Waals surface area contributed by atoms with E-state index in [9.17, 15) is 4.79 Å². The van der Waals surface area contributed by atoms with Gasteiger partial charge in [-0.2, -0.15) is 4.98 Å². The monoisotopic (exact) mass is 233 g/mol. The third kappa shape index (κ3) is 2.88. The van der Waals surface area contributed by atoms with E-state index in [0.717, 1.165) is 0 Å². The molecule has 0 radical (unpaired) electrons. The quantitative estimate of drug-likeness (QED) is 0.800. The Morgan fingerprint density at radius 3 is 2.76 bits per heavy atom. The van der Waals surface area contributed by atoms with Gasteiger partial charge in [0, 0.05) is 0 Å². The maximum absolute atomic E-state index is 11.1. The molecule has 6 nitrogen and oxygen atoms in total. The molecule has 2 aromatic rings. The zero-order chi connectivity index (χ0) is 12.1. The second-order valence-electron chi connectivity index (χ2n) is 3.41. The van der Waals surface area contributed by atoms with Crippen molar-refractivity contribution in [3.05, 3.63) is 48.1 Å². The van der Waals surface area contributed by atoms with Crippen molar-refractivity contribution in [2.45, 2.75) is 12.6 Å². The minimum atomic E-state index is -0.945. The summed E-state index contributed by atoms with van der Waals surface area (Å²) in [5.41, 5.74) is 0.684. The normalized spacial score (nSPS) is 12.2. The summed E-state index contributed by atoms with van der Waals surface area (Å²) in [7, 11) is 0. The molecule has 0 saturated heterocycles. The van der Waals surface area contributed by atoms with Gasteiger partial charge in [-0.25, -0.2) is 0 Å². The summed E-state index contributed by atoms with van der Waals surface area (Å²) in [6.07, 6.45) is 1.20. The molecule has 1 aromatic heterocycles. The lowest BCUT2D eigenvalue weighted by Crippen LogP contribution is -2.28. The van der Waals surface area contributed by atoms with Crippen LogP contribution in [0.5, 0.6) is 0 Å². The SMILES string of the molecule is O=C(O)C(NCc1ncon1)c1ccccc1. The first kappa shape index (κ1) is 11.3. The van der Waals surface area contributed by atoms with E-state index in [1.54, 1.807) is 24.3 Å². The van der Waals surface area contributed by atoms with Gasteiger partial charge in [-0.15, -0.1) is 0 Å². The molecule has 2 N–H and O–H groups in total. The van der Waals surface area contributed by atoms with Gasteiger partial charge < -0.3 is 9.63 Å². The molecule has 0 bridgehead atoms. The lowest BCUT2D eigenvalue weighted by molar-refractivity contribution is -0.139. The van der Waals surface area contributed by atoms with Crippen LogP contribution >= 0.6 is 0 Å². The van der Waals surface area contributed by atoms with Gasteiger partial charge in [0.05, 0.1) is 6.54 Å². The molecule has 0 spiro atoms. The average molecular weight is 233 g/mol. The van der Waals surface area contributed by atoms with Gasteiger partial charge in [0.25, 0.3) is 0 Å². The Balaban J connectivity index is 2.06. The molecule has 2 rings (SSSR count). The zero-order valence-corrected chi connectivity index (χ0v) is 8.91. The number of hydrogen-bond acceptors (Lipinski definition) is 5. The zero-order valence-electron chi connectivity index (χ0n) is 8.91. The molecule has 0 saturated carbocycles. The molecular weight excluding hydrogens is 222 g/mol. The van der Waals surface area contributed by atoms with Gasteiger partial charge in [0.1, 0.15) is 6.04 Å². The maximum atomic E-state index is 11.1. The molecule has 6 heteroatoms. The lowest BCUT2D eigenvalue weighted by atomic mass is 10.1. The fourth-order valence-corrected chi connectivity index (χ4v) is 1.46. The van der Waals surface area contributed by atoms with E-state index in [4.69, 9.17) is 5.11 Å². The lowest BCUT2D eigenvalue weighted by Gasteiger charge is -2.13. The topological polar surface area (TPSA) is 88.2 Å². The Morgan fingerprint density at radius 1 is 1.41 bits per heavy atom. The van der Waals surface area contributed by atoms with Crippen molar-refractivity contribution < 1.29 is 14.4 Å². The Hall–Kier alpha value is -2.21. The first-order chi connectivity index (χ1) is 8.27. The van der Waals surface area contributed by atoms with Gasteiger partial charge in [-0.1, -0.05) is 35.5 Å². The molecule has 17 heavy (non-hydrogen) atoms. The van der Waals surface area contributed by atoms with Crippen molar-refractivity contribution in [2.75, 3.05) is 0 Å². The van der Waals surface area contributed by atoms with E-state index >= 15 is 0 Å². The second kappa shape index (κ2) is 5.22. The summed E-state index contributed by atoms with van der Waals surface area (Å²) in [5.74, 6) is -0.521. The van der Waals surface area contributed by atoms with Crippen molar-refractivity contribution in [3.8, 4) is 0 Å². The predicted molar refractivity (Wildman–Crippen MR) is 58.0 cm³/mol. The Bertz CT molecular complexity index is 470. The molecule has 1 heterocycles. The summed E-state index contributed by atoms with van der Waals surface area (Å²) < 4.78 is 4.56. The van der Waals surface area contributed by atoms with Crippen molar-refractivity contribution >= 4 is 5.97 Å². The van der Waals surface area contributed by atoms with Crippen LogP contribution < -0.4 is 5.32 Å². The first-order valence-electron chi connectivity index (χ1n) is 5.04. The molecular formula is C11H11N3O3. The van der Waals surface area contributed by atoms with Crippen LogP contribution in [0.1, 0.15) is 17.4 Å². The summed E-state index contributed by atoms with van der Waals surface area (Å²) in [4.78, 5) is 14.9. The number of rotatable bonds is 5. The van der Waals surface area contributed by atoms with Gasteiger partial charge in [0.15, 0.2) is 5.82 Å². The van der Waals surface area contributed by atoms with Crippen molar-refractivity contribution in [1.82, 2.24) is 15.5 Å². The molecule has 0 amide bonds. The number of nitrogens with one attached hydrogen (secondary N) is 1. The summed E-state index contributed by atoms with van der Waals surface area (Å²) in [6.45, 7) is 0.238. The minimum Gasteiger partial charge on any atom is -0.480 e. The van der Waals surface area contributed by atoms with Crippen molar-refractivity contribution in [2.24, 2.45) is 0 Å². The van der Waals surface area contributed by atoms with Gasteiger partial charge in [0.2, 0.25) is 6.39 Å². The predicted octanol–water partition coefficient (Wildman–Crippen LogP) is 0.985. The van der Waals surface area contributed by atoms with Crippen molar-refractivity contribution in [3.63, 3.8) is 0 Å². The van der Waals surface area contributed by atoms with E-state index in [0.29, 0.717) is 11.4 Å². The number of hydrogen-bond donors (Lipinski definition) is 2. The molecule has 1 atom stereocenters. The number of aromatic nitrogens is 2. The second-order valence-corrected chi connectivity index (χ2v) is 3.41. The van der Waals surface area contributed by atoms with Crippen LogP contribution in [0.25, 0.3) is 0 Å². The molecule has 0 aliphatic rings. The van der Waals surface area contributed by atoms with Crippen LogP contribution in [0.15, 0.2) is 41.2 Å². The number of carbonyl (C=O) groups is 1. The molecule has 88 valence electrons. The first-order valence-corrected chi connectivity index (χ1v) is 5.04. The Labute approximate surface area is 97.3 Å². The van der Waals surface area contributed by atoms with Crippen molar-refractivity contribution in [1.29, 1.82) is 0 Å².